The fourth-order valence-electron chi connectivity index (χ4n) is 1.35. The van der Waals surface area contributed by atoms with Gasteiger partial charge in [0.15, 0.2) is 0 Å². The molecule has 18 heavy (non-hydrogen) atoms. The first-order chi connectivity index (χ1) is 8.43. The third-order valence-corrected chi connectivity index (χ3v) is 3.91. The molecule has 0 bridgehead atoms. The van der Waals surface area contributed by atoms with Crippen molar-refractivity contribution in [1.29, 1.82) is 0 Å². The van der Waals surface area contributed by atoms with E-state index in [0.29, 0.717) is 12.5 Å². The number of hydrogen-bond acceptors (Lipinski definition) is 3. The number of nitrogens with one attached hydrogen (secondary N) is 1. The average molecular weight is 315 g/mol. The summed E-state index contributed by atoms with van der Waals surface area (Å²) in [7, 11) is 0. The predicted molar refractivity (Wildman–Crippen MR) is 73.0 cm³/mol. The first kappa shape index (κ1) is 14.6. The second-order valence-electron chi connectivity index (χ2n) is 4.24. The molecule has 0 aliphatic heterocycles. The zero-order valence-corrected chi connectivity index (χ0v) is 11.8. The zero-order valence-electron chi connectivity index (χ0n) is 10.2. The minimum absolute atomic E-state index is 0.0888. The molecule has 0 aromatic heterocycles. The Balaban J connectivity index is 2.76. The number of hydrogen-bond donors (Lipinski definition) is 1. The summed E-state index contributed by atoms with van der Waals surface area (Å²) in [6.45, 7) is 4.48. The average Bonchev–Trinajstić information content (AvgIpc) is 2.35. The highest BCUT2D eigenvalue weighted by Crippen LogP contribution is 2.17. The van der Waals surface area contributed by atoms with Crippen LogP contribution in [0.1, 0.15) is 24.2 Å². The number of halogens is 1. The molecule has 1 aromatic carbocycles. The molecule has 0 aliphatic rings. The molecule has 0 saturated carbocycles. The molecule has 0 heterocycles. The van der Waals surface area contributed by atoms with Crippen molar-refractivity contribution in [3.63, 3.8) is 0 Å². The van der Waals surface area contributed by atoms with Crippen LogP contribution in [-0.4, -0.2) is 22.2 Å². The number of alkyl halides is 1. The summed E-state index contributed by atoms with van der Waals surface area (Å²) >= 11 is 3.44. The SMILES string of the molecule is CC(C)C(Br)CNC(=O)c1ccccc1[N+](=O)[O-]. The van der Waals surface area contributed by atoms with Gasteiger partial charge in [0.2, 0.25) is 0 Å². The third-order valence-electron chi connectivity index (χ3n) is 2.53. The topological polar surface area (TPSA) is 72.2 Å². The van der Waals surface area contributed by atoms with E-state index in [1.807, 2.05) is 13.8 Å². The Bertz CT molecular complexity index is 449. The molecule has 0 saturated heterocycles. The number of nitro benzene ring substituents is 1. The summed E-state index contributed by atoms with van der Waals surface area (Å²) < 4.78 is 0. The Morgan fingerprint density at radius 2 is 2.06 bits per heavy atom. The summed E-state index contributed by atoms with van der Waals surface area (Å²) in [5, 5.41) is 13.5. The van der Waals surface area contributed by atoms with Crippen LogP contribution in [0.5, 0.6) is 0 Å². The van der Waals surface area contributed by atoms with E-state index in [2.05, 4.69) is 21.2 Å². The van der Waals surface area contributed by atoms with E-state index in [1.54, 1.807) is 6.07 Å². The fourth-order valence-corrected chi connectivity index (χ4v) is 1.51. The van der Waals surface area contributed by atoms with Crippen molar-refractivity contribution in [2.24, 2.45) is 5.92 Å². The quantitative estimate of drug-likeness (QED) is 0.516. The Hall–Kier alpha value is -1.43. The smallest absolute Gasteiger partial charge is 0.282 e. The first-order valence-electron chi connectivity index (χ1n) is 5.59. The minimum Gasteiger partial charge on any atom is -0.351 e. The lowest BCUT2D eigenvalue weighted by molar-refractivity contribution is -0.385. The van der Waals surface area contributed by atoms with E-state index in [0.717, 1.165) is 0 Å². The van der Waals surface area contributed by atoms with Crippen LogP contribution >= 0.6 is 15.9 Å². The van der Waals surface area contributed by atoms with E-state index >= 15 is 0 Å². The number of rotatable bonds is 5. The van der Waals surface area contributed by atoms with Crippen molar-refractivity contribution in [2.75, 3.05) is 6.54 Å². The molecule has 1 unspecified atom stereocenters. The fraction of sp³-hybridized carbons (Fsp3) is 0.417. The monoisotopic (exact) mass is 314 g/mol. The van der Waals surface area contributed by atoms with Crippen molar-refractivity contribution in [2.45, 2.75) is 18.7 Å². The standard InChI is InChI=1S/C12H15BrN2O3/c1-8(2)10(13)7-14-12(16)9-5-3-4-6-11(9)15(17)18/h3-6,8,10H,7H2,1-2H3,(H,14,16). The second kappa shape index (κ2) is 6.49. The maximum atomic E-state index is 11.9. The minimum atomic E-state index is -0.553. The highest BCUT2D eigenvalue weighted by Gasteiger charge is 2.19. The summed E-state index contributed by atoms with van der Waals surface area (Å²) in [5.74, 6) is -0.0524. The Morgan fingerprint density at radius 1 is 1.44 bits per heavy atom. The van der Waals surface area contributed by atoms with Crippen molar-refractivity contribution >= 4 is 27.5 Å². The van der Waals surface area contributed by atoms with Crippen molar-refractivity contribution in [3.8, 4) is 0 Å². The third kappa shape index (κ3) is 3.80. The molecule has 0 spiro atoms. The van der Waals surface area contributed by atoms with Crippen LogP contribution in [-0.2, 0) is 0 Å². The number of amides is 1. The van der Waals surface area contributed by atoms with Gasteiger partial charge in [-0.2, -0.15) is 0 Å². The maximum absolute atomic E-state index is 11.9. The van der Waals surface area contributed by atoms with E-state index in [-0.39, 0.29) is 16.1 Å². The highest BCUT2D eigenvalue weighted by atomic mass is 79.9. The van der Waals surface area contributed by atoms with Gasteiger partial charge in [0.05, 0.1) is 4.92 Å². The van der Waals surface area contributed by atoms with Gasteiger partial charge in [-0.15, -0.1) is 0 Å². The number of para-hydroxylation sites is 1. The van der Waals surface area contributed by atoms with Gasteiger partial charge in [0.1, 0.15) is 5.56 Å². The van der Waals surface area contributed by atoms with Gasteiger partial charge in [0.25, 0.3) is 11.6 Å². The van der Waals surface area contributed by atoms with Gasteiger partial charge in [-0.25, -0.2) is 0 Å². The molecule has 1 rings (SSSR count). The molecule has 98 valence electrons. The molecule has 6 heteroatoms. The van der Waals surface area contributed by atoms with Crippen molar-refractivity contribution in [1.82, 2.24) is 5.32 Å². The second-order valence-corrected chi connectivity index (χ2v) is 5.42. The van der Waals surface area contributed by atoms with E-state index in [9.17, 15) is 14.9 Å². The van der Waals surface area contributed by atoms with Crippen LogP contribution < -0.4 is 5.32 Å². The summed E-state index contributed by atoms with van der Waals surface area (Å²) in [4.78, 5) is 22.2. The van der Waals surface area contributed by atoms with Gasteiger partial charge in [-0.1, -0.05) is 41.9 Å². The molecular weight excluding hydrogens is 300 g/mol. The van der Waals surface area contributed by atoms with E-state index < -0.39 is 10.8 Å². The zero-order chi connectivity index (χ0) is 13.7. The molecule has 1 N–H and O–H groups in total. The molecule has 1 atom stereocenters. The van der Waals surface area contributed by atoms with Crippen molar-refractivity contribution in [3.05, 3.63) is 39.9 Å². The van der Waals surface area contributed by atoms with Crippen LogP contribution in [0.4, 0.5) is 5.69 Å². The predicted octanol–water partition coefficient (Wildman–Crippen LogP) is 2.74. The Labute approximate surface area is 114 Å². The lowest BCUT2D eigenvalue weighted by Crippen LogP contribution is -2.32. The van der Waals surface area contributed by atoms with Crippen LogP contribution in [0.15, 0.2) is 24.3 Å². The molecule has 1 aromatic rings. The van der Waals surface area contributed by atoms with Crippen LogP contribution in [0.3, 0.4) is 0 Å². The normalized spacial score (nSPS) is 12.2. The first-order valence-corrected chi connectivity index (χ1v) is 6.50. The number of nitrogens with zero attached hydrogens (tertiary/aromatic N) is 1. The lowest BCUT2D eigenvalue weighted by Gasteiger charge is -2.14. The number of nitro groups is 1. The van der Waals surface area contributed by atoms with Crippen LogP contribution in [0.2, 0.25) is 0 Å². The Morgan fingerprint density at radius 3 is 2.61 bits per heavy atom. The van der Waals surface area contributed by atoms with Gasteiger partial charge in [0, 0.05) is 17.4 Å². The Kier molecular flexibility index (Phi) is 5.27. The number of benzene rings is 1. The molecule has 5 nitrogen and oxygen atoms in total. The molecule has 1 amide bonds. The van der Waals surface area contributed by atoms with Gasteiger partial charge in [-0.05, 0) is 12.0 Å². The number of carbonyl (C=O) groups excluding carboxylic acids is 1. The summed E-state index contributed by atoms with van der Waals surface area (Å²) in [5.41, 5.74) is -0.0865. The maximum Gasteiger partial charge on any atom is 0.282 e. The van der Waals surface area contributed by atoms with Crippen molar-refractivity contribution < 1.29 is 9.72 Å². The molecular formula is C12H15BrN2O3. The van der Waals surface area contributed by atoms with Gasteiger partial charge < -0.3 is 5.32 Å². The molecule has 0 fully saturated rings. The molecule has 0 radical (unpaired) electrons. The van der Waals surface area contributed by atoms with Gasteiger partial charge >= 0.3 is 0 Å². The lowest BCUT2D eigenvalue weighted by atomic mass is 10.1. The van der Waals surface area contributed by atoms with E-state index in [4.69, 9.17) is 0 Å². The largest absolute Gasteiger partial charge is 0.351 e. The van der Waals surface area contributed by atoms with Crippen LogP contribution in [0.25, 0.3) is 0 Å². The summed E-state index contributed by atoms with van der Waals surface area (Å²) in [6, 6.07) is 5.92. The number of carbonyl (C=O) groups is 1. The van der Waals surface area contributed by atoms with Crippen LogP contribution in [0, 0.1) is 16.0 Å². The van der Waals surface area contributed by atoms with Gasteiger partial charge in [-0.3, -0.25) is 14.9 Å². The summed E-state index contributed by atoms with van der Waals surface area (Å²) in [6.07, 6.45) is 0. The molecule has 0 aliphatic carbocycles. The highest BCUT2D eigenvalue weighted by molar-refractivity contribution is 9.09. The van der Waals surface area contributed by atoms with E-state index in [1.165, 1.54) is 18.2 Å².